The van der Waals surface area contributed by atoms with E-state index in [0.717, 1.165) is 10.8 Å². The predicted octanol–water partition coefficient (Wildman–Crippen LogP) is 4.24. The van der Waals surface area contributed by atoms with Gasteiger partial charge >= 0.3 is 0 Å². The van der Waals surface area contributed by atoms with Gasteiger partial charge in [0.05, 0.1) is 4.92 Å². The smallest absolute Gasteiger partial charge is 0.288 e. The molecule has 0 fully saturated rings. The van der Waals surface area contributed by atoms with Crippen molar-refractivity contribution in [3.05, 3.63) is 70.4 Å². The van der Waals surface area contributed by atoms with Crippen molar-refractivity contribution in [3.8, 4) is 11.6 Å². The van der Waals surface area contributed by atoms with Crippen LogP contribution in [0.1, 0.15) is 5.56 Å². The van der Waals surface area contributed by atoms with Crippen LogP contribution in [0.5, 0.6) is 11.6 Å². The monoisotopic (exact) mass is 280 g/mol. The van der Waals surface area contributed by atoms with Crippen molar-refractivity contribution in [3.63, 3.8) is 0 Å². The number of ether oxygens (including phenoxy) is 1. The van der Waals surface area contributed by atoms with Gasteiger partial charge in [0.15, 0.2) is 0 Å². The van der Waals surface area contributed by atoms with Gasteiger partial charge in [-0.25, -0.2) is 4.98 Å². The molecule has 5 nitrogen and oxygen atoms in total. The molecule has 0 aliphatic heterocycles. The summed E-state index contributed by atoms with van der Waals surface area (Å²) in [6.07, 6.45) is 1.20. The quantitative estimate of drug-likeness (QED) is 0.531. The second-order valence-electron chi connectivity index (χ2n) is 4.65. The third kappa shape index (κ3) is 2.53. The molecule has 104 valence electrons. The number of nitro groups is 1. The Morgan fingerprint density at radius 3 is 2.67 bits per heavy atom. The van der Waals surface area contributed by atoms with Crippen molar-refractivity contribution in [2.75, 3.05) is 0 Å². The molecule has 3 rings (SSSR count). The second kappa shape index (κ2) is 5.20. The lowest BCUT2D eigenvalue weighted by molar-refractivity contribution is -0.385. The highest BCUT2D eigenvalue weighted by molar-refractivity contribution is 5.88. The van der Waals surface area contributed by atoms with E-state index in [1.807, 2.05) is 42.5 Å². The molecule has 0 amide bonds. The minimum atomic E-state index is -0.471. The van der Waals surface area contributed by atoms with Crippen LogP contribution in [0.4, 0.5) is 5.69 Å². The number of fused-ring (bicyclic) bond motifs is 1. The molecule has 2 aromatic carbocycles. The molecule has 1 heterocycles. The second-order valence-corrected chi connectivity index (χ2v) is 4.65. The van der Waals surface area contributed by atoms with E-state index in [1.165, 1.54) is 12.3 Å². The zero-order chi connectivity index (χ0) is 14.8. The number of hydrogen-bond donors (Lipinski definition) is 0. The molecular formula is C16H12N2O3. The van der Waals surface area contributed by atoms with Crippen LogP contribution < -0.4 is 4.74 Å². The molecule has 0 aliphatic rings. The summed E-state index contributed by atoms with van der Waals surface area (Å²) >= 11 is 0. The van der Waals surface area contributed by atoms with Crippen LogP contribution in [0, 0.1) is 17.0 Å². The largest absolute Gasteiger partial charge is 0.438 e. The van der Waals surface area contributed by atoms with Gasteiger partial charge in [0.1, 0.15) is 11.9 Å². The molecule has 0 radical (unpaired) electrons. The van der Waals surface area contributed by atoms with Crippen LogP contribution in [-0.4, -0.2) is 9.91 Å². The van der Waals surface area contributed by atoms with Gasteiger partial charge in [0.2, 0.25) is 5.88 Å². The highest BCUT2D eigenvalue weighted by atomic mass is 16.6. The van der Waals surface area contributed by atoms with Crippen molar-refractivity contribution in [2.45, 2.75) is 6.92 Å². The number of benzene rings is 2. The maximum atomic E-state index is 10.7. The Kier molecular flexibility index (Phi) is 3.23. The fourth-order valence-corrected chi connectivity index (χ4v) is 2.14. The number of hydrogen-bond acceptors (Lipinski definition) is 4. The highest BCUT2D eigenvalue weighted by Crippen LogP contribution is 2.31. The van der Waals surface area contributed by atoms with Crippen LogP contribution in [-0.2, 0) is 0 Å². The van der Waals surface area contributed by atoms with Crippen LogP contribution in [0.2, 0.25) is 0 Å². The van der Waals surface area contributed by atoms with E-state index in [4.69, 9.17) is 4.74 Å². The van der Waals surface area contributed by atoms with Gasteiger partial charge in [-0.3, -0.25) is 10.1 Å². The SMILES string of the molecule is Cc1cc([N+](=O)[O-])cnc1Oc1cccc2ccccc12. The van der Waals surface area contributed by atoms with E-state index < -0.39 is 4.92 Å². The summed E-state index contributed by atoms with van der Waals surface area (Å²) in [5.74, 6) is 1.05. The Bertz CT molecular complexity index is 825. The van der Waals surface area contributed by atoms with Crippen molar-refractivity contribution < 1.29 is 9.66 Å². The normalized spacial score (nSPS) is 10.5. The summed E-state index contributed by atoms with van der Waals surface area (Å²) in [4.78, 5) is 14.3. The molecule has 3 aromatic rings. The first-order valence-electron chi connectivity index (χ1n) is 6.42. The van der Waals surface area contributed by atoms with Crippen LogP contribution in [0.15, 0.2) is 54.7 Å². The van der Waals surface area contributed by atoms with Crippen LogP contribution in [0.25, 0.3) is 10.8 Å². The first-order chi connectivity index (χ1) is 10.1. The molecular weight excluding hydrogens is 268 g/mol. The van der Waals surface area contributed by atoms with Crippen molar-refractivity contribution in [1.82, 2.24) is 4.98 Å². The maximum absolute atomic E-state index is 10.7. The van der Waals surface area contributed by atoms with E-state index in [2.05, 4.69) is 4.98 Å². The molecule has 0 unspecified atom stereocenters. The number of pyridine rings is 1. The van der Waals surface area contributed by atoms with Crippen molar-refractivity contribution in [1.29, 1.82) is 0 Å². The number of rotatable bonds is 3. The third-order valence-electron chi connectivity index (χ3n) is 3.18. The van der Waals surface area contributed by atoms with Crippen molar-refractivity contribution >= 4 is 16.5 Å². The lowest BCUT2D eigenvalue weighted by atomic mass is 10.1. The molecule has 0 N–H and O–H groups in total. The first-order valence-corrected chi connectivity index (χ1v) is 6.42. The summed E-state index contributed by atoms with van der Waals surface area (Å²) in [7, 11) is 0. The fourth-order valence-electron chi connectivity index (χ4n) is 2.14. The molecule has 21 heavy (non-hydrogen) atoms. The molecule has 0 spiro atoms. The molecule has 0 aliphatic carbocycles. The van der Waals surface area contributed by atoms with Crippen LogP contribution in [0.3, 0.4) is 0 Å². The average Bonchev–Trinajstić information content (AvgIpc) is 2.49. The van der Waals surface area contributed by atoms with Crippen molar-refractivity contribution in [2.24, 2.45) is 0 Å². The minimum Gasteiger partial charge on any atom is -0.438 e. The predicted molar refractivity (Wildman–Crippen MR) is 79.7 cm³/mol. The maximum Gasteiger partial charge on any atom is 0.288 e. The van der Waals surface area contributed by atoms with E-state index in [-0.39, 0.29) is 5.69 Å². The summed E-state index contributed by atoms with van der Waals surface area (Å²) in [5.41, 5.74) is 0.579. The van der Waals surface area contributed by atoms with Gasteiger partial charge < -0.3 is 4.74 Å². The van der Waals surface area contributed by atoms with Gasteiger partial charge in [-0.2, -0.15) is 0 Å². The van der Waals surface area contributed by atoms with Gasteiger partial charge in [-0.15, -0.1) is 0 Å². The number of aromatic nitrogens is 1. The third-order valence-corrected chi connectivity index (χ3v) is 3.18. The van der Waals surface area contributed by atoms with E-state index >= 15 is 0 Å². The molecule has 5 heteroatoms. The molecule has 0 atom stereocenters. The minimum absolute atomic E-state index is 0.0437. The Balaban J connectivity index is 2.01. The average molecular weight is 280 g/mol. The molecule has 0 saturated heterocycles. The van der Waals surface area contributed by atoms with E-state index in [0.29, 0.717) is 17.2 Å². The zero-order valence-corrected chi connectivity index (χ0v) is 11.3. The first kappa shape index (κ1) is 13.1. The van der Waals surface area contributed by atoms with Gasteiger partial charge in [0.25, 0.3) is 5.69 Å². The Labute approximate surface area is 121 Å². The van der Waals surface area contributed by atoms with E-state index in [9.17, 15) is 10.1 Å². The van der Waals surface area contributed by atoms with Gasteiger partial charge in [-0.05, 0) is 18.4 Å². The summed E-state index contributed by atoms with van der Waals surface area (Å²) in [6.45, 7) is 1.74. The topological polar surface area (TPSA) is 65.3 Å². The van der Waals surface area contributed by atoms with Gasteiger partial charge in [-0.1, -0.05) is 36.4 Å². The summed E-state index contributed by atoms with van der Waals surface area (Å²) < 4.78 is 5.82. The lowest BCUT2D eigenvalue weighted by Gasteiger charge is -2.09. The Hall–Kier alpha value is -2.95. The number of nitrogens with zero attached hydrogens (tertiary/aromatic N) is 2. The molecule has 0 bridgehead atoms. The molecule has 1 aromatic heterocycles. The summed E-state index contributed by atoms with van der Waals surface area (Å²) in [6, 6.07) is 15.1. The lowest BCUT2D eigenvalue weighted by Crippen LogP contribution is -1.95. The zero-order valence-electron chi connectivity index (χ0n) is 11.3. The summed E-state index contributed by atoms with van der Waals surface area (Å²) in [5, 5.41) is 12.8. The fraction of sp³-hybridized carbons (Fsp3) is 0.0625. The Morgan fingerprint density at radius 1 is 1.14 bits per heavy atom. The Morgan fingerprint density at radius 2 is 1.90 bits per heavy atom. The van der Waals surface area contributed by atoms with E-state index in [1.54, 1.807) is 6.92 Å². The number of aryl methyl sites for hydroxylation is 1. The highest BCUT2D eigenvalue weighted by Gasteiger charge is 2.12. The molecule has 0 saturated carbocycles. The van der Waals surface area contributed by atoms with Crippen LogP contribution >= 0.6 is 0 Å². The standard InChI is InChI=1S/C16H12N2O3/c1-11-9-13(18(19)20)10-17-16(11)21-15-8-4-6-12-5-2-3-7-14(12)15/h2-10H,1H3. The van der Waals surface area contributed by atoms with Gasteiger partial charge in [0, 0.05) is 17.0 Å².